The summed E-state index contributed by atoms with van der Waals surface area (Å²) in [5.41, 5.74) is 5.34. The van der Waals surface area contributed by atoms with Crippen molar-refractivity contribution in [2.45, 2.75) is 187 Å². The molecule has 0 saturated heterocycles. The van der Waals surface area contributed by atoms with Crippen molar-refractivity contribution in [2.24, 2.45) is 5.73 Å². The fraction of sp³-hybridized carbons (Fsp3) is 0.733. The first-order chi connectivity index (χ1) is 26.8. The van der Waals surface area contributed by atoms with Gasteiger partial charge < -0.3 is 20.1 Å². The number of nitrogens with two attached hydrogens (primary N) is 1. The molecule has 10 heteroatoms. The summed E-state index contributed by atoms with van der Waals surface area (Å²) >= 11 is 0. The summed E-state index contributed by atoms with van der Waals surface area (Å²) in [6.07, 6.45) is 48.5. The minimum absolute atomic E-state index is 0.0370. The van der Waals surface area contributed by atoms with E-state index in [1.54, 1.807) is 0 Å². The maximum atomic E-state index is 12.5. The zero-order chi connectivity index (χ0) is 40.3. The van der Waals surface area contributed by atoms with Crippen LogP contribution in [0.25, 0.3) is 0 Å². The molecule has 2 atom stereocenters. The Bertz CT molecular complexity index is 1090. The Kier molecular flexibility index (Phi) is 39.6. The van der Waals surface area contributed by atoms with Gasteiger partial charge in [-0.05, 0) is 57.8 Å². The average molecular weight is 794 g/mol. The number of ether oxygens (including phenoxy) is 2. The fourth-order valence-corrected chi connectivity index (χ4v) is 6.42. The number of phosphoric ester groups is 1. The van der Waals surface area contributed by atoms with Crippen LogP contribution >= 0.6 is 7.82 Å². The molecule has 3 N–H and O–H groups in total. The van der Waals surface area contributed by atoms with Crippen molar-refractivity contribution in [3.63, 3.8) is 0 Å². The van der Waals surface area contributed by atoms with Gasteiger partial charge in [0.05, 0.1) is 13.2 Å². The summed E-state index contributed by atoms with van der Waals surface area (Å²) in [4.78, 5) is 34.8. The van der Waals surface area contributed by atoms with Crippen LogP contribution in [0.5, 0.6) is 0 Å². The van der Waals surface area contributed by atoms with Gasteiger partial charge in [0.2, 0.25) is 0 Å². The molecule has 55 heavy (non-hydrogen) atoms. The van der Waals surface area contributed by atoms with E-state index in [9.17, 15) is 19.0 Å². The van der Waals surface area contributed by atoms with Crippen molar-refractivity contribution >= 4 is 19.8 Å². The van der Waals surface area contributed by atoms with Crippen LogP contribution in [0.1, 0.15) is 181 Å². The van der Waals surface area contributed by atoms with Gasteiger partial charge in [-0.2, -0.15) is 0 Å². The normalized spacial score (nSPS) is 13.9. The molecule has 318 valence electrons. The molecule has 0 spiro atoms. The largest absolute Gasteiger partial charge is 0.472 e. The Balaban J connectivity index is 4.32. The molecule has 2 unspecified atom stereocenters. The highest BCUT2D eigenvalue weighted by Gasteiger charge is 2.25. The quantitative estimate of drug-likeness (QED) is 0.0269. The molecule has 0 aromatic rings. The molecule has 0 heterocycles. The molecule has 0 aliphatic carbocycles. The van der Waals surface area contributed by atoms with Crippen molar-refractivity contribution in [3.05, 3.63) is 60.8 Å². The summed E-state index contributed by atoms with van der Waals surface area (Å²) in [6.45, 7) is 3.60. The predicted molar refractivity (Wildman–Crippen MR) is 229 cm³/mol. The molecule has 9 nitrogen and oxygen atoms in total. The molecule has 0 bridgehead atoms. The second-order valence-corrected chi connectivity index (χ2v) is 15.7. The van der Waals surface area contributed by atoms with Gasteiger partial charge in [0.15, 0.2) is 6.10 Å². The number of carbonyl (C=O) groups excluding carboxylic acids is 2. The SMILES string of the molecule is CCCCCCCCC=CCC=CCC=CCC=CCCC(=O)OC(COC(=O)CCC=CCCCCCCCCCCCCC)COP(=O)(O)OCCN. The van der Waals surface area contributed by atoms with Gasteiger partial charge in [0.1, 0.15) is 6.61 Å². The highest BCUT2D eigenvalue weighted by molar-refractivity contribution is 7.47. The lowest BCUT2D eigenvalue weighted by Gasteiger charge is -2.19. The minimum Gasteiger partial charge on any atom is -0.462 e. The van der Waals surface area contributed by atoms with Crippen LogP contribution in [0.2, 0.25) is 0 Å². The molecule has 0 fully saturated rings. The van der Waals surface area contributed by atoms with Crippen LogP contribution in [0.4, 0.5) is 0 Å². The first-order valence-corrected chi connectivity index (χ1v) is 23.3. The Labute approximate surface area is 336 Å². The molecular formula is C45H80NO8P. The van der Waals surface area contributed by atoms with E-state index < -0.39 is 32.5 Å². The van der Waals surface area contributed by atoms with E-state index in [1.807, 2.05) is 18.2 Å². The number of phosphoric acid groups is 1. The first kappa shape index (κ1) is 52.7. The second kappa shape index (κ2) is 41.3. The monoisotopic (exact) mass is 794 g/mol. The zero-order valence-electron chi connectivity index (χ0n) is 34.9. The van der Waals surface area contributed by atoms with Gasteiger partial charge in [-0.1, -0.05) is 171 Å². The van der Waals surface area contributed by atoms with Crippen molar-refractivity contribution in [2.75, 3.05) is 26.4 Å². The van der Waals surface area contributed by atoms with Gasteiger partial charge in [-0.15, -0.1) is 0 Å². The van der Waals surface area contributed by atoms with Gasteiger partial charge in [-0.25, -0.2) is 4.57 Å². The maximum Gasteiger partial charge on any atom is 0.472 e. The second-order valence-electron chi connectivity index (χ2n) is 14.2. The standard InChI is InChI=1S/C45H80NO8P/c1-3-5-7-9-11-13-15-17-19-20-21-22-24-26-28-30-32-34-36-38-45(48)54-43(42-53-55(49,50)52-40-39-46)41-51-44(47)37-35-33-31-29-27-25-23-18-16-14-12-10-8-6-4-2/h17,19,21-22,26,28,31-34,43H,3-16,18,20,23-25,27,29-30,35-42,46H2,1-2H3,(H,49,50). The molecule has 0 saturated carbocycles. The van der Waals surface area contributed by atoms with Crippen molar-refractivity contribution < 1.29 is 37.6 Å². The molecule has 0 aliphatic rings. The van der Waals surface area contributed by atoms with Crippen LogP contribution in [-0.4, -0.2) is 49.3 Å². The van der Waals surface area contributed by atoms with E-state index in [4.69, 9.17) is 24.3 Å². The van der Waals surface area contributed by atoms with Crippen LogP contribution < -0.4 is 5.73 Å². The van der Waals surface area contributed by atoms with E-state index in [2.05, 4.69) is 56.4 Å². The summed E-state index contributed by atoms with van der Waals surface area (Å²) in [7, 11) is -4.40. The van der Waals surface area contributed by atoms with Crippen molar-refractivity contribution in [1.82, 2.24) is 0 Å². The van der Waals surface area contributed by atoms with Crippen LogP contribution in [0.15, 0.2) is 60.8 Å². The Morgan fingerprint density at radius 3 is 1.44 bits per heavy atom. The lowest BCUT2D eigenvalue weighted by molar-refractivity contribution is -0.161. The molecule has 0 aromatic heterocycles. The molecular weight excluding hydrogens is 713 g/mol. The molecule has 0 aromatic carbocycles. The smallest absolute Gasteiger partial charge is 0.462 e. The lowest BCUT2D eigenvalue weighted by Crippen LogP contribution is -2.29. The summed E-state index contributed by atoms with van der Waals surface area (Å²) in [5.74, 6) is -0.980. The predicted octanol–water partition coefficient (Wildman–Crippen LogP) is 12.5. The third kappa shape index (κ3) is 41.2. The molecule has 0 rings (SSSR count). The number of esters is 2. The number of hydrogen-bond acceptors (Lipinski definition) is 8. The average Bonchev–Trinajstić information content (AvgIpc) is 3.17. The van der Waals surface area contributed by atoms with Gasteiger partial charge >= 0.3 is 19.8 Å². The molecule has 0 amide bonds. The number of carbonyl (C=O) groups is 2. The fourth-order valence-electron chi connectivity index (χ4n) is 5.66. The van der Waals surface area contributed by atoms with E-state index >= 15 is 0 Å². The van der Waals surface area contributed by atoms with Gasteiger partial charge in [0, 0.05) is 19.4 Å². The molecule has 0 aliphatic heterocycles. The summed E-state index contributed by atoms with van der Waals surface area (Å²) in [6, 6.07) is 0. The highest BCUT2D eigenvalue weighted by atomic mass is 31.2. The van der Waals surface area contributed by atoms with Crippen molar-refractivity contribution in [3.8, 4) is 0 Å². The maximum absolute atomic E-state index is 12.5. The van der Waals surface area contributed by atoms with Gasteiger partial charge in [-0.3, -0.25) is 18.6 Å². The zero-order valence-corrected chi connectivity index (χ0v) is 35.8. The topological polar surface area (TPSA) is 134 Å². The van der Waals surface area contributed by atoms with E-state index in [0.717, 1.165) is 32.1 Å². The van der Waals surface area contributed by atoms with E-state index in [1.165, 1.54) is 109 Å². The molecule has 0 radical (unpaired) electrons. The lowest BCUT2D eigenvalue weighted by atomic mass is 10.1. The number of allylic oxidation sites excluding steroid dienone is 10. The van der Waals surface area contributed by atoms with Crippen LogP contribution in [0.3, 0.4) is 0 Å². The Morgan fingerprint density at radius 1 is 0.545 bits per heavy atom. The van der Waals surface area contributed by atoms with E-state index in [0.29, 0.717) is 12.8 Å². The minimum atomic E-state index is -4.40. The van der Waals surface area contributed by atoms with Crippen LogP contribution in [0, 0.1) is 0 Å². The summed E-state index contributed by atoms with van der Waals surface area (Å²) < 4.78 is 32.6. The summed E-state index contributed by atoms with van der Waals surface area (Å²) in [5, 5.41) is 0. The Hall–Kier alpha value is -2.29. The van der Waals surface area contributed by atoms with Crippen LogP contribution in [-0.2, 0) is 32.7 Å². The third-order valence-corrected chi connectivity index (χ3v) is 9.89. The number of unbranched alkanes of at least 4 members (excludes halogenated alkanes) is 17. The number of hydrogen-bond donors (Lipinski definition) is 2. The Morgan fingerprint density at radius 2 is 0.945 bits per heavy atom. The van der Waals surface area contributed by atoms with E-state index in [-0.39, 0.29) is 32.6 Å². The third-order valence-electron chi connectivity index (χ3n) is 8.90. The highest BCUT2D eigenvalue weighted by Crippen LogP contribution is 2.43. The van der Waals surface area contributed by atoms with Gasteiger partial charge in [0.25, 0.3) is 0 Å². The first-order valence-electron chi connectivity index (χ1n) is 21.8. The van der Waals surface area contributed by atoms with Crippen molar-refractivity contribution in [1.29, 1.82) is 0 Å². The number of rotatable bonds is 40.